The summed E-state index contributed by atoms with van der Waals surface area (Å²) in [5.41, 5.74) is 0. The van der Waals surface area contributed by atoms with Crippen molar-refractivity contribution in [2.45, 2.75) is 68.9 Å². The van der Waals surface area contributed by atoms with E-state index in [9.17, 15) is 31.5 Å². The van der Waals surface area contributed by atoms with Gasteiger partial charge in [-0.05, 0) is 38.0 Å². The molecule has 6 atom stereocenters. The van der Waals surface area contributed by atoms with Crippen LogP contribution in [-0.4, -0.2) is 74.3 Å². The number of carbonyl (C=O) groups excluding carboxylic acids is 1. The minimum atomic E-state index is -4.77. The molecule has 2 aliphatic carbocycles. The van der Waals surface area contributed by atoms with Crippen molar-refractivity contribution in [2.75, 3.05) is 26.0 Å². The van der Waals surface area contributed by atoms with Gasteiger partial charge in [0.05, 0.1) is 12.2 Å². The number of ether oxygens (including phenoxy) is 2. The number of sulfone groups is 1. The second-order valence-electron chi connectivity index (χ2n) is 8.69. The Morgan fingerprint density at radius 3 is 2.43 bits per heavy atom. The Labute approximate surface area is 174 Å². The van der Waals surface area contributed by atoms with E-state index in [1.54, 1.807) is 0 Å². The normalized spacial score (nSPS) is 37.5. The molecule has 0 bridgehead atoms. The van der Waals surface area contributed by atoms with Crippen molar-refractivity contribution in [3.8, 4) is 0 Å². The van der Waals surface area contributed by atoms with Gasteiger partial charge in [-0.3, -0.25) is 9.53 Å². The molecule has 0 radical (unpaired) electrons. The van der Waals surface area contributed by atoms with Crippen LogP contribution < -0.4 is 0 Å². The van der Waals surface area contributed by atoms with Crippen molar-refractivity contribution in [1.82, 2.24) is 4.90 Å². The summed E-state index contributed by atoms with van der Waals surface area (Å²) in [5, 5.41) is 8.49. The molecule has 2 saturated carbocycles. The van der Waals surface area contributed by atoms with Crippen molar-refractivity contribution in [2.24, 2.45) is 17.8 Å². The van der Waals surface area contributed by atoms with Crippen LogP contribution in [-0.2, 0) is 24.1 Å². The number of rotatable bonds is 6. The fourth-order valence-corrected chi connectivity index (χ4v) is 7.66. The number of amides is 1. The van der Waals surface area contributed by atoms with E-state index < -0.39 is 45.3 Å². The van der Waals surface area contributed by atoms with Crippen LogP contribution in [0, 0.1) is 17.8 Å². The third-order valence-electron chi connectivity index (χ3n) is 6.71. The fourth-order valence-electron chi connectivity index (χ4n) is 5.55. The summed E-state index contributed by atoms with van der Waals surface area (Å²) in [7, 11) is -2.26. The molecular weight excluding hydrogens is 427 g/mol. The number of nitrogens with zero attached hydrogens (tertiary/aromatic N) is 1. The maximum atomic E-state index is 12.8. The van der Waals surface area contributed by atoms with Crippen LogP contribution in [0.3, 0.4) is 0 Å². The summed E-state index contributed by atoms with van der Waals surface area (Å²) < 4.78 is 73.3. The van der Waals surface area contributed by atoms with Crippen molar-refractivity contribution in [3.05, 3.63) is 0 Å². The molecule has 3 fully saturated rings. The van der Waals surface area contributed by atoms with Gasteiger partial charge in [0.15, 0.2) is 9.84 Å². The van der Waals surface area contributed by atoms with E-state index in [0.29, 0.717) is 12.8 Å². The lowest BCUT2D eigenvalue weighted by molar-refractivity contribution is -0.346. The molecule has 30 heavy (non-hydrogen) atoms. The molecule has 0 aromatic rings. The molecule has 0 aromatic carbocycles. The van der Waals surface area contributed by atoms with Gasteiger partial charge in [-0.25, -0.2) is 8.42 Å². The molecular formula is C19H30F3NO6S. The lowest BCUT2D eigenvalue weighted by atomic mass is 9.78. The molecule has 3 rings (SSSR count). The van der Waals surface area contributed by atoms with Crippen molar-refractivity contribution >= 4 is 15.7 Å². The minimum absolute atomic E-state index is 0.0508. The highest BCUT2D eigenvalue weighted by Gasteiger charge is 2.51. The smallest absolute Gasteiger partial charge is 0.396 e. The Bertz CT molecular complexity index is 716. The number of halogens is 3. The highest BCUT2D eigenvalue weighted by molar-refractivity contribution is 7.93. The number of aliphatic hydroxyl groups excluding tert-OH is 1. The van der Waals surface area contributed by atoms with Crippen LogP contribution in [0.15, 0.2) is 0 Å². The van der Waals surface area contributed by atoms with Crippen LogP contribution in [0.5, 0.6) is 0 Å². The molecule has 6 unspecified atom stereocenters. The van der Waals surface area contributed by atoms with Gasteiger partial charge < -0.3 is 14.7 Å². The Morgan fingerprint density at radius 2 is 1.80 bits per heavy atom. The minimum Gasteiger partial charge on any atom is -0.396 e. The lowest BCUT2D eigenvalue weighted by Crippen LogP contribution is -2.49. The monoisotopic (exact) mass is 457 g/mol. The van der Waals surface area contributed by atoms with Gasteiger partial charge in [0.2, 0.25) is 5.91 Å². The second kappa shape index (κ2) is 9.30. The first kappa shape index (κ1) is 23.7. The quantitative estimate of drug-likeness (QED) is 0.657. The zero-order chi connectivity index (χ0) is 22.1. The number of hydrogen-bond acceptors (Lipinski definition) is 6. The molecule has 1 amide bonds. The Morgan fingerprint density at radius 1 is 1.13 bits per heavy atom. The van der Waals surface area contributed by atoms with E-state index in [0.717, 1.165) is 19.3 Å². The van der Waals surface area contributed by atoms with Gasteiger partial charge in [0.1, 0.15) is 11.1 Å². The van der Waals surface area contributed by atoms with Crippen LogP contribution in [0.1, 0.15) is 44.9 Å². The summed E-state index contributed by atoms with van der Waals surface area (Å²) >= 11 is 0. The van der Waals surface area contributed by atoms with E-state index in [1.807, 2.05) is 0 Å². The highest BCUT2D eigenvalue weighted by atomic mass is 32.2. The van der Waals surface area contributed by atoms with Crippen LogP contribution >= 0.6 is 0 Å². The summed E-state index contributed by atoms with van der Waals surface area (Å²) in [5.74, 6) is -1.94. The zero-order valence-electron chi connectivity index (χ0n) is 17.0. The van der Waals surface area contributed by atoms with Crippen molar-refractivity contribution in [3.63, 3.8) is 0 Å². The Kier molecular flexibility index (Phi) is 7.36. The van der Waals surface area contributed by atoms with E-state index in [1.165, 1.54) is 12.0 Å². The van der Waals surface area contributed by atoms with Gasteiger partial charge in [-0.2, -0.15) is 0 Å². The maximum Gasteiger partial charge on any atom is 0.522 e. The average molecular weight is 458 g/mol. The largest absolute Gasteiger partial charge is 0.522 e. The number of hydrogen-bond donors (Lipinski definition) is 1. The van der Waals surface area contributed by atoms with E-state index in [-0.39, 0.29) is 43.9 Å². The molecule has 1 heterocycles. The van der Waals surface area contributed by atoms with Gasteiger partial charge >= 0.3 is 6.36 Å². The fraction of sp³-hybridized carbons (Fsp3) is 0.947. The Balaban J connectivity index is 1.78. The van der Waals surface area contributed by atoms with Crippen molar-refractivity contribution in [1.29, 1.82) is 0 Å². The molecule has 1 N–H and O–H groups in total. The SMILES string of the molecule is COC1C(CO)CCCC1CN1C(=O)CS(=O)(=O)C1C1CCCC(OC(F)(F)F)C1. The van der Waals surface area contributed by atoms with Gasteiger partial charge in [-0.1, -0.05) is 12.8 Å². The summed E-state index contributed by atoms with van der Waals surface area (Å²) in [6.07, 6.45) is -2.81. The number of aliphatic hydroxyl groups is 1. The molecule has 3 aliphatic rings. The molecule has 1 saturated heterocycles. The number of carbonyl (C=O) groups is 1. The average Bonchev–Trinajstić information content (AvgIpc) is 2.88. The molecule has 11 heteroatoms. The van der Waals surface area contributed by atoms with E-state index in [4.69, 9.17) is 4.74 Å². The van der Waals surface area contributed by atoms with E-state index >= 15 is 0 Å². The first-order valence-corrected chi connectivity index (χ1v) is 12.2. The maximum absolute atomic E-state index is 12.8. The second-order valence-corrected chi connectivity index (χ2v) is 10.8. The zero-order valence-corrected chi connectivity index (χ0v) is 17.8. The first-order chi connectivity index (χ1) is 14.1. The lowest BCUT2D eigenvalue weighted by Gasteiger charge is -2.41. The summed E-state index contributed by atoms with van der Waals surface area (Å²) in [6, 6.07) is 0. The molecule has 7 nitrogen and oxygen atoms in total. The molecule has 0 spiro atoms. The highest BCUT2D eigenvalue weighted by Crippen LogP contribution is 2.40. The van der Waals surface area contributed by atoms with Crippen molar-refractivity contribution < 1.29 is 41.0 Å². The van der Waals surface area contributed by atoms with Gasteiger partial charge in [0.25, 0.3) is 0 Å². The molecule has 0 aromatic heterocycles. The summed E-state index contributed by atoms with van der Waals surface area (Å²) in [6.45, 7) is 0.114. The third-order valence-corrected chi connectivity index (χ3v) is 8.73. The van der Waals surface area contributed by atoms with Crippen LogP contribution in [0.2, 0.25) is 0 Å². The van der Waals surface area contributed by atoms with Gasteiger partial charge in [-0.15, -0.1) is 13.2 Å². The molecule has 1 aliphatic heterocycles. The first-order valence-electron chi connectivity index (χ1n) is 10.4. The van der Waals surface area contributed by atoms with Crippen LogP contribution in [0.4, 0.5) is 13.2 Å². The molecule has 174 valence electrons. The number of methoxy groups -OCH3 is 1. The topological polar surface area (TPSA) is 93.1 Å². The predicted molar refractivity (Wildman–Crippen MR) is 101 cm³/mol. The van der Waals surface area contributed by atoms with Crippen LogP contribution in [0.25, 0.3) is 0 Å². The third kappa shape index (κ3) is 5.28. The van der Waals surface area contributed by atoms with E-state index in [2.05, 4.69) is 4.74 Å². The Hall–Kier alpha value is -0.910. The number of alkyl halides is 3. The van der Waals surface area contributed by atoms with Gasteiger partial charge in [0, 0.05) is 32.1 Å². The summed E-state index contributed by atoms with van der Waals surface area (Å²) in [4.78, 5) is 14.0. The standard InChI is InChI=1S/C19H30F3NO6S/c1-28-17-13(5-2-6-14(17)10-24)9-23-16(25)11-30(26,27)18(23)12-4-3-7-15(8-12)29-19(20,21)22/h12-15,17-18,24H,2-11H2,1H3. The predicted octanol–water partition coefficient (Wildman–Crippen LogP) is 2.09.